The lowest BCUT2D eigenvalue weighted by molar-refractivity contribution is -0.384. The third-order valence-electron chi connectivity index (χ3n) is 3.09. The largest absolute Gasteiger partial charge is 0.363 e. The summed E-state index contributed by atoms with van der Waals surface area (Å²) in [6.45, 7) is 6.58. The van der Waals surface area contributed by atoms with Crippen LogP contribution in [0.1, 0.15) is 24.3 Å². The summed E-state index contributed by atoms with van der Waals surface area (Å²) in [4.78, 5) is 16.0. The Bertz CT molecular complexity index is 609. The van der Waals surface area contributed by atoms with Gasteiger partial charge in [0.05, 0.1) is 4.92 Å². The molecule has 2 aromatic rings. The minimum Gasteiger partial charge on any atom is -0.363 e. The van der Waals surface area contributed by atoms with Crippen molar-refractivity contribution in [1.82, 2.24) is 4.98 Å². The van der Waals surface area contributed by atoms with Crippen LogP contribution in [0, 0.1) is 17.0 Å². The van der Waals surface area contributed by atoms with Gasteiger partial charge in [-0.3, -0.25) is 10.1 Å². The van der Waals surface area contributed by atoms with Crippen LogP contribution < -0.4 is 5.32 Å². The van der Waals surface area contributed by atoms with Gasteiger partial charge in [0.25, 0.3) is 0 Å². The minimum absolute atomic E-state index is 0.0204. The Morgan fingerprint density at radius 2 is 2.25 bits per heavy atom. The molecule has 0 aliphatic rings. The molecule has 2 aromatic heterocycles. The first kappa shape index (κ1) is 14.5. The van der Waals surface area contributed by atoms with Crippen LogP contribution in [0.15, 0.2) is 29.8 Å². The van der Waals surface area contributed by atoms with E-state index in [0.717, 1.165) is 5.56 Å². The number of pyridine rings is 1. The van der Waals surface area contributed by atoms with Crippen LogP contribution in [-0.4, -0.2) is 16.5 Å². The minimum atomic E-state index is -0.402. The molecule has 0 amide bonds. The average Bonchev–Trinajstić information content (AvgIpc) is 2.91. The normalized spacial score (nSPS) is 11.3. The first-order valence-electron chi connectivity index (χ1n) is 6.29. The van der Waals surface area contributed by atoms with E-state index in [1.54, 1.807) is 24.5 Å². The van der Waals surface area contributed by atoms with Crippen molar-refractivity contribution in [3.05, 3.63) is 50.3 Å². The van der Waals surface area contributed by atoms with E-state index < -0.39 is 4.92 Å². The highest BCUT2D eigenvalue weighted by molar-refractivity contribution is 7.10. The van der Waals surface area contributed by atoms with E-state index in [1.165, 1.54) is 10.9 Å². The third kappa shape index (κ3) is 3.14. The second-order valence-electron chi connectivity index (χ2n) is 5.35. The molecular weight excluding hydrogens is 274 g/mol. The summed E-state index contributed by atoms with van der Waals surface area (Å²) >= 11 is 1.68. The molecule has 0 saturated carbocycles. The van der Waals surface area contributed by atoms with Gasteiger partial charge in [-0.1, -0.05) is 19.9 Å². The fraction of sp³-hybridized carbons (Fsp3) is 0.357. The van der Waals surface area contributed by atoms with Crippen molar-refractivity contribution in [1.29, 1.82) is 0 Å². The van der Waals surface area contributed by atoms with Gasteiger partial charge < -0.3 is 5.32 Å². The molecule has 20 heavy (non-hydrogen) atoms. The molecule has 0 atom stereocenters. The van der Waals surface area contributed by atoms with E-state index in [2.05, 4.69) is 30.2 Å². The Hall–Kier alpha value is -1.95. The zero-order chi connectivity index (χ0) is 14.8. The molecule has 0 saturated heterocycles. The van der Waals surface area contributed by atoms with Crippen molar-refractivity contribution in [3.8, 4) is 0 Å². The Labute approximate surface area is 121 Å². The monoisotopic (exact) mass is 291 g/mol. The lowest BCUT2D eigenvalue weighted by Gasteiger charge is -2.23. The summed E-state index contributed by atoms with van der Waals surface area (Å²) in [5.74, 6) is 0.324. The Kier molecular flexibility index (Phi) is 4.04. The lowest BCUT2D eigenvalue weighted by Crippen LogP contribution is -2.27. The zero-order valence-corrected chi connectivity index (χ0v) is 12.5. The summed E-state index contributed by atoms with van der Waals surface area (Å²) < 4.78 is 0. The van der Waals surface area contributed by atoms with Crippen molar-refractivity contribution >= 4 is 22.8 Å². The Morgan fingerprint density at radius 3 is 2.85 bits per heavy atom. The van der Waals surface area contributed by atoms with Crippen molar-refractivity contribution in [3.63, 3.8) is 0 Å². The van der Waals surface area contributed by atoms with Gasteiger partial charge in [0.15, 0.2) is 0 Å². The van der Waals surface area contributed by atoms with E-state index in [9.17, 15) is 10.1 Å². The van der Waals surface area contributed by atoms with E-state index in [1.807, 2.05) is 11.4 Å². The fourth-order valence-electron chi connectivity index (χ4n) is 1.88. The number of hydrogen-bond donors (Lipinski definition) is 1. The number of hydrogen-bond acceptors (Lipinski definition) is 5. The summed E-state index contributed by atoms with van der Waals surface area (Å²) in [6, 6.07) is 5.62. The molecular formula is C14H17N3O2S. The summed E-state index contributed by atoms with van der Waals surface area (Å²) in [5, 5.41) is 16.2. The van der Waals surface area contributed by atoms with Crippen LogP contribution in [-0.2, 0) is 5.41 Å². The van der Waals surface area contributed by atoms with Gasteiger partial charge in [-0.25, -0.2) is 4.98 Å². The molecule has 6 heteroatoms. The molecule has 0 fully saturated rings. The summed E-state index contributed by atoms with van der Waals surface area (Å²) in [5.41, 5.74) is 0.695. The van der Waals surface area contributed by atoms with Crippen molar-refractivity contribution in [2.75, 3.05) is 11.9 Å². The number of anilines is 1. The quantitative estimate of drug-likeness (QED) is 0.673. The number of nitrogens with zero attached hydrogens (tertiary/aromatic N) is 2. The number of aromatic nitrogens is 1. The number of aryl methyl sites for hydroxylation is 1. The van der Waals surface area contributed by atoms with Crippen molar-refractivity contribution in [2.24, 2.45) is 0 Å². The standard InChI is InChI=1S/C14H17N3O2S/c1-10-7-11(17(18)19)13(15-8-10)16-9-14(2,3)12-5-4-6-20-12/h4-8H,9H2,1-3H3,(H,15,16). The molecule has 0 radical (unpaired) electrons. The predicted molar refractivity (Wildman–Crippen MR) is 81.5 cm³/mol. The molecule has 5 nitrogen and oxygen atoms in total. The van der Waals surface area contributed by atoms with Gasteiger partial charge >= 0.3 is 5.69 Å². The van der Waals surface area contributed by atoms with E-state index in [0.29, 0.717) is 12.4 Å². The van der Waals surface area contributed by atoms with Crippen LogP contribution in [0.3, 0.4) is 0 Å². The number of nitro groups is 1. The van der Waals surface area contributed by atoms with Gasteiger partial charge in [-0.15, -0.1) is 11.3 Å². The highest BCUT2D eigenvalue weighted by atomic mass is 32.1. The first-order chi connectivity index (χ1) is 9.40. The number of thiophene rings is 1. The van der Waals surface area contributed by atoms with Gasteiger partial charge in [0, 0.05) is 29.1 Å². The van der Waals surface area contributed by atoms with Crippen LogP contribution >= 0.6 is 11.3 Å². The molecule has 0 aliphatic carbocycles. The number of rotatable bonds is 5. The molecule has 0 bridgehead atoms. The highest BCUT2D eigenvalue weighted by Gasteiger charge is 2.23. The van der Waals surface area contributed by atoms with Crippen molar-refractivity contribution < 1.29 is 4.92 Å². The van der Waals surface area contributed by atoms with E-state index in [4.69, 9.17) is 0 Å². The molecule has 2 rings (SSSR count). The van der Waals surface area contributed by atoms with Crippen LogP contribution in [0.2, 0.25) is 0 Å². The Balaban J connectivity index is 2.17. The van der Waals surface area contributed by atoms with Crippen molar-refractivity contribution in [2.45, 2.75) is 26.2 Å². The molecule has 106 valence electrons. The molecule has 2 heterocycles. The summed E-state index contributed by atoms with van der Waals surface area (Å²) in [7, 11) is 0. The molecule has 1 N–H and O–H groups in total. The lowest BCUT2D eigenvalue weighted by atomic mass is 9.91. The van der Waals surface area contributed by atoms with E-state index >= 15 is 0 Å². The number of nitrogens with one attached hydrogen (secondary N) is 1. The van der Waals surface area contributed by atoms with Gasteiger partial charge in [-0.05, 0) is 23.9 Å². The topological polar surface area (TPSA) is 68.1 Å². The van der Waals surface area contributed by atoms with Gasteiger partial charge in [0.1, 0.15) is 0 Å². The van der Waals surface area contributed by atoms with Gasteiger partial charge in [-0.2, -0.15) is 0 Å². The molecule has 0 aromatic carbocycles. The second kappa shape index (κ2) is 5.58. The zero-order valence-electron chi connectivity index (χ0n) is 11.7. The first-order valence-corrected chi connectivity index (χ1v) is 7.17. The average molecular weight is 291 g/mol. The SMILES string of the molecule is Cc1cnc(NCC(C)(C)c2cccs2)c([N+](=O)[O-])c1. The van der Waals surface area contributed by atoms with E-state index in [-0.39, 0.29) is 11.1 Å². The molecule has 0 spiro atoms. The summed E-state index contributed by atoms with van der Waals surface area (Å²) in [6.07, 6.45) is 1.63. The predicted octanol–water partition coefficient (Wildman–Crippen LogP) is 3.75. The van der Waals surface area contributed by atoms with Gasteiger partial charge in [0.2, 0.25) is 5.82 Å². The maximum Gasteiger partial charge on any atom is 0.311 e. The maximum absolute atomic E-state index is 11.1. The maximum atomic E-state index is 11.1. The fourth-order valence-corrected chi connectivity index (χ4v) is 2.74. The second-order valence-corrected chi connectivity index (χ2v) is 6.30. The molecule has 0 aliphatic heterocycles. The third-order valence-corrected chi connectivity index (χ3v) is 4.32. The molecule has 0 unspecified atom stereocenters. The Morgan fingerprint density at radius 1 is 1.50 bits per heavy atom. The van der Waals surface area contributed by atoms with Crippen LogP contribution in [0.4, 0.5) is 11.5 Å². The van der Waals surface area contributed by atoms with Crippen LogP contribution in [0.25, 0.3) is 0 Å². The smallest absolute Gasteiger partial charge is 0.311 e. The highest BCUT2D eigenvalue weighted by Crippen LogP contribution is 2.29. The van der Waals surface area contributed by atoms with Crippen LogP contribution in [0.5, 0.6) is 0 Å².